The number of methoxy groups -OCH3 is 1. The molecule has 0 saturated carbocycles. The average molecular weight is 493 g/mol. The normalized spacial score (nSPS) is 15.7. The van der Waals surface area contributed by atoms with Gasteiger partial charge in [-0.15, -0.1) is 10.2 Å². The van der Waals surface area contributed by atoms with Crippen molar-refractivity contribution in [1.29, 1.82) is 0 Å². The molecule has 7 nitrogen and oxygen atoms in total. The topological polar surface area (TPSA) is 78.3 Å². The Balaban J connectivity index is 1.49. The molecule has 168 valence electrons. The Labute approximate surface area is 200 Å². The largest absolute Gasteiger partial charge is 0.497 e. The van der Waals surface area contributed by atoms with Crippen molar-refractivity contribution in [3.63, 3.8) is 0 Å². The van der Waals surface area contributed by atoms with Crippen molar-refractivity contribution in [2.24, 2.45) is 0 Å². The second kappa shape index (κ2) is 10.6. The van der Waals surface area contributed by atoms with Crippen LogP contribution in [-0.2, 0) is 16.1 Å². The Kier molecular flexibility index (Phi) is 7.57. The molecule has 0 aliphatic carbocycles. The molecule has 1 N–H and O–H groups in total. The van der Waals surface area contributed by atoms with Crippen LogP contribution in [0.15, 0.2) is 47.6 Å². The highest BCUT2D eigenvalue weighted by Crippen LogP contribution is 2.28. The van der Waals surface area contributed by atoms with E-state index in [-0.39, 0.29) is 17.8 Å². The van der Waals surface area contributed by atoms with Gasteiger partial charge in [0.2, 0.25) is 5.91 Å². The molecule has 1 aromatic heterocycles. The summed E-state index contributed by atoms with van der Waals surface area (Å²) in [7, 11) is 1.63. The van der Waals surface area contributed by atoms with E-state index in [4.69, 9.17) is 32.7 Å². The first-order valence-corrected chi connectivity index (χ1v) is 11.8. The number of ether oxygens (including phenoxy) is 2. The van der Waals surface area contributed by atoms with Crippen LogP contribution in [0.25, 0.3) is 11.4 Å². The number of nitrogens with one attached hydrogen (secondary N) is 1. The zero-order valence-electron chi connectivity index (χ0n) is 17.4. The fourth-order valence-electron chi connectivity index (χ4n) is 3.41. The maximum atomic E-state index is 12.5. The van der Waals surface area contributed by atoms with Crippen molar-refractivity contribution in [3.05, 3.63) is 52.5 Å². The monoisotopic (exact) mass is 492 g/mol. The molecule has 0 bridgehead atoms. The fourth-order valence-corrected chi connectivity index (χ4v) is 4.45. The van der Waals surface area contributed by atoms with Crippen LogP contribution in [0, 0.1) is 0 Å². The Morgan fingerprint density at radius 2 is 2.03 bits per heavy atom. The van der Waals surface area contributed by atoms with Gasteiger partial charge < -0.3 is 14.8 Å². The summed E-state index contributed by atoms with van der Waals surface area (Å²) in [4.78, 5) is 12.5. The van der Waals surface area contributed by atoms with E-state index >= 15 is 0 Å². The molecule has 0 radical (unpaired) electrons. The van der Waals surface area contributed by atoms with Gasteiger partial charge in [0.15, 0.2) is 11.0 Å². The lowest BCUT2D eigenvalue weighted by Crippen LogP contribution is -2.18. The van der Waals surface area contributed by atoms with Crippen molar-refractivity contribution in [3.8, 4) is 17.1 Å². The molecule has 1 unspecified atom stereocenters. The first-order valence-electron chi connectivity index (χ1n) is 10.1. The molecule has 3 aromatic rings. The lowest BCUT2D eigenvalue weighted by Gasteiger charge is -2.15. The van der Waals surface area contributed by atoms with Crippen LogP contribution in [0.2, 0.25) is 10.0 Å². The Bertz CT molecular complexity index is 1090. The summed E-state index contributed by atoms with van der Waals surface area (Å²) in [5, 5.41) is 13.1. The maximum Gasteiger partial charge on any atom is 0.234 e. The van der Waals surface area contributed by atoms with E-state index in [9.17, 15) is 4.79 Å². The van der Waals surface area contributed by atoms with E-state index in [1.54, 1.807) is 25.3 Å². The number of thioether (sulfide) groups is 1. The smallest absolute Gasteiger partial charge is 0.234 e. The summed E-state index contributed by atoms with van der Waals surface area (Å²) in [6, 6.07) is 12.6. The summed E-state index contributed by atoms with van der Waals surface area (Å²) in [5.74, 6) is 1.50. The second-order valence-electron chi connectivity index (χ2n) is 7.25. The third kappa shape index (κ3) is 5.56. The number of aromatic nitrogens is 3. The average Bonchev–Trinajstić information content (AvgIpc) is 3.45. The number of anilines is 1. The van der Waals surface area contributed by atoms with E-state index in [0.717, 1.165) is 36.6 Å². The van der Waals surface area contributed by atoms with E-state index < -0.39 is 0 Å². The summed E-state index contributed by atoms with van der Waals surface area (Å²) in [6.07, 6.45) is 2.13. The van der Waals surface area contributed by atoms with Crippen LogP contribution in [-0.4, -0.2) is 46.2 Å². The molecule has 1 aliphatic heterocycles. The first kappa shape index (κ1) is 22.9. The summed E-state index contributed by atoms with van der Waals surface area (Å²) >= 11 is 13.3. The van der Waals surface area contributed by atoms with Gasteiger partial charge in [0.1, 0.15) is 5.75 Å². The van der Waals surface area contributed by atoms with Gasteiger partial charge in [-0.25, -0.2) is 0 Å². The zero-order chi connectivity index (χ0) is 22.5. The van der Waals surface area contributed by atoms with Crippen molar-refractivity contribution in [2.45, 2.75) is 30.6 Å². The number of halogens is 2. The van der Waals surface area contributed by atoms with E-state index in [1.165, 1.54) is 11.8 Å². The van der Waals surface area contributed by atoms with Crippen molar-refractivity contribution in [2.75, 3.05) is 24.8 Å². The van der Waals surface area contributed by atoms with Gasteiger partial charge in [0, 0.05) is 17.9 Å². The van der Waals surface area contributed by atoms with Gasteiger partial charge in [-0.05, 0) is 55.3 Å². The van der Waals surface area contributed by atoms with Gasteiger partial charge in [-0.2, -0.15) is 0 Å². The van der Waals surface area contributed by atoms with Crippen molar-refractivity contribution in [1.82, 2.24) is 14.8 Å². The molecular weight excluding hydrogens is 471 g/mol. The van der Waals surface area contributed by atoms with Crippen LogP contribution in [0.1, 0.15) is 12.8 Å². The van der Waals surface area contributed by atoms with Gasteiger partial charge >= 0.3 is 0 Å². The number of carbonyl (C=O) groups is 1. The quantitative estimate of drug-likeness (QED) is 0.437. The number of benzene rings is 2. The number of amides is 1. The third-order valence-corrected chi connectivity index (χ3v) is 6.72. The molecule has 2 aromatic carbocycles. The van der Waals surface area contributed by atoms with Gasteiger partial charge in [0.05, 0.1) is 35.6 Å². The molecule has 10 heteroatoms. The highest BCUT2D eigenvalue weighted by Gasteiger charge is 2.22. The Morgan fingerprint density at radius 3 is 2.72 bits per heavy atom. The molecule has 0 spiro atoms. The van der Waals surface area contributed by atoms with E-state index in [1.807, 2.05) is 28.8 Å². The minimum absolute atomic E-state index is 0.104. The van der Waals surface area contributed by atoms with Crippen LogP contribution >= 0.6 is 35.0 Å². The standard InChI is InChI=1S/C22H22Cl2N4O3S/c1-30-16-7-4-14(5-8-16)21-26-27-22(28(21)12-17-3-2-10-31-17)32-13-20(29)25-15-6-9-18(23)19(24)11-15/h4-9,11,17H,2-3,10,12-13H2,1H3,(H,25,29). The number of nitrogens with zero attached hydrogens (tertiary/aromatic N) is 3. The first-order chi connectivity index (χ1) is 15.5. The highest BCUT2D eigenvalue weighted by molar-refractivity contribution is 7.99. The number of carbonyl (C=O) groups excluding carboxylic acids is 1. The summed E-state index contributed by atoms with van der Waals surface area (Å²) in [6.45, 7) is 1.39. The molecule has 1 amide bonds. The molecule has 32 heavy (non-hydrogen) atoms. The summed E-state index contributed by atoms with van der Waals surface area (Å²) in [5.41, 5.74) is 1.51. The van der Waals surface area contributed by atoms with Crippen molar-refractivity contribution >= 4 is 46.6 Å². The van der Waals surface area contributed by atoms with Crippen LogP contribution in [0.4, 0.5) is 5.69 Å². The van der Waals surface area contributed by atoms with Crippen molar-refractivity contribution < 1.29 is 14.3 Å². The Hall–Kier alpha value is -2.26. The zero-order valence-corrected chi connectivity index (χ0v) is 19.7. The summed E-state index contributed by atoms with van der Waals surface area (Å²) < 4.78 is 13.1. The number of rotatable bonds is 8. The molecule has 2 heterocycles. The lowest BCUT2D eigenvalue weighted by molar-refractivity contribution is -0.113. The molecule has 1 fully saturated rings. The van der Waals surface area contributed by atoms with Gasteiger partial charge in [-0.3, -0.25) is 9.36 Å². The minimum Gasteiger partial charge on any atom is -0.497 e. The molecular formula is C22H22Cl2N4O3S. The second-order valence-corrected chi connectivity index (χ2v) is 9.00. The molecule has 1 atom stereocenters. The number of hydrogen-bond acceptors (Lipinski definition) is 6. The predicted octanol–water partition coefficient (Wildman–Crippen LogP) is 5.17. The number of hydrogen-bond donors (Lipinski definition) is 1. The molecule has 1 aliphatic rings. The van der Waals surface area contributed by atoms with E-state index in [2.05, 4.69) is 15.5 Å². The SMILES string of the molecule is COc1ccc(-c2nnc(SCC(=O)Nc3ccc(Cl)c(Cl)c3)n2CC2CCCO2)cc1. The third-order valence-electron chi connectivity index (χ3n) is 5.01. The molecule has 4 rings (SSSR count). The lowest BCUT2D eigenvalue weighted by atomic mass is 10.2. The highest BCUT2D eigenvalue weighted by atomic mass is 35.5. The van der Waals surface area contributed by atoms with E-state index in [0.29, 0.717) is 27.4 Å². The minimum atomic E-state index is -0.175. The van der Waals surface area contributed by atoms with Gasteiger partial charge in [-0.1, -0.05) is 35.0 Å². The molecule has 1 saturated heterocycles. The predicted molar refractivity (Wildman–Crippen MR) is 127 cm³/mol. The van der Waals surface area contributed by atoms with Crippen LogP contribution < -0.4 is 10.1 Å². The van der Waals surface area contributed by atoms with Crippen LogP contribution in [0.5, 0.6) is 5.75 Å². The van der Waals surface area contributed by atoms with Gasteiger partial charge in [0.25, 0.3) is 0 Å². The maximum absolute atomic E-state index is 12.5. The van der Waals surface area contributed by atoms with Crippen LogP contribution in [0.3, 0.4) is 0 Å². The Morgan fingerprint density at radius 1 is 1.22 bits per heavy atom. The fraction of sp³-hybridized carbons (Fsp3) is 0.318.